The van der Waals surface area contributed by atoms with E-state index < -0.39 is 0 Å². The zero-order valence-corrected chi connectivity index (χ0v) is 6.26. The highest BCUT2D eigenvalue weighted by Crippen LogP contribution is 2.28. The summed E-state index contributed by atoms with van der Waals surface area (Å²) >= 11 is 0. The van der Waals surface area contributed by atoms with Crippen molar-refractivity contribution in [2.75, 3.05) is 12.4 Å². The van der Waals surface area contributed by atoms with Crippen molar-refractivity contribution >= 4 is 5.69 Å². The maximum Gasteiger partial charge on any atom is 0.171 e. The highest BCUT2D eigenvalue weighted by Gasteiger charge is 2.12. The molecular formula is C8H9NO2. The van der Waals surface area contributed by atoms with E-state index in [-0.39, 0.29) is 0 Å². The van der Waals surface area contributed by atoms with E-state index >= 15 is 0 Å². The molecule has 1 N–H and O–H groups in total. The van der Waals surface area contributed by atoms with Gasteiger partial charge in [-0.25, -0.2) is 0 Å². The summed E-state index contributed by atoms with van der Waals surface area (Å²) in [4.78, 5) is 9.66. The van der Waals surface area contributed by atoms with Crippen LogP contribution in [0.25, 0.3) is 0 Å². The fourth-order valence-electron chi connectivity index (χ4n) is 1.09. The number of hydrogen-bond acceptors (Lipinski definition) is 3. The minimum atomic E-state index is 0.546. The third kappa shape index (κ3) is 1.03. The molecule has 0 amide bonds. The summed E-state index contributed by atoms with van der Waals surface area (Å²) in [5.41, 5.74) is 2.18. The quantitative estimate of drug-likeness (QED) is 0.618. The van der Waals surface area contributed by atoms with Crippen LogP contribution in [0.1, 0.15) is 5.56 Å². The normalized spacial score (nSPS) is 13.9. The van der Waals surface area contributed by atoms with Gasteiger partial charge in [-0.3, -0.25) is 0 Å². The molecule has 0 unspecified atom stereocenters. The van der Waals surface area contributed by atoms with Crippen LogP contribution in [0.3, 0.4) is 0 Å². The van der Waals surface area contributed by atoms with Crippen LogP contribution in [0.2, 0.25) is 0 Å². The minimum Gasteiger partial charge on any atom is -0.388 e. The van der Waals surface area contributed by atoms with E-state index in [2.05, 4.69) is 5.32 Å². The van der Waals surface area contributed by atoms with Crippen LogP contribution in [0.4, 0.5) is 5.69 Å². The van der Waals surface area contributed by atoms with Crippen LogP contribution in [0.15, 0.2) is 18.2 Å². The van der Waals surface area contributed by atoms with Gasteiger partial charge in [-0.1, -0.05) is 0 Å². The summed E-state index contributed by atoms with van der Waals surface area (Å²) in [7, 11) is 1.89. The maximum absolute atomic E-state index is 4.87. The minimum absolute atomic E-state index is 0.546. The van der Waals surface area contributed by atoms with Crippen LogP contribution < -0.4 is 10.2 Å². The van der Waals surface area contributed by atoms with E-state index in [0.29, 0.717) is 6.61 Å². The third-order valence-electron chi connectivity index (χ3n) is 1.71. The molecule has 0 aliphatic carbocycles. The second kappa shape index (κ2) is 2.43. The first-order valence-corrected chi connectivity index (χ1v) is 3.50. The summed E-state index contributed by atoms with van der Waals surface area (Å²) in [5.74, 6) is 0.823. The first-order valence-electron chi connectivity index (χ1n) is 3.50. The van der Waals surface area contributed by atoms with Gasteiger partial charge in [0.25, 0.3) is 0 Å². The SMILES string of the molecule is CNc1ccc2c(c1)COO2. The van der Waals surface area contributed by atoms with Gasteiger partial charge in [0.15, 0.2) is 5.75 Å². The summed E-state index contributed by atoms with van der Waals surface area (Å²) in [6, 6.07) is 5.87. The molecule has 3 heteroatoms. The molecule has 1 aliphatic rings. The van der Waals surface area contributed by atoms with Crippen molar-refractivity contribution in [3.05, 3.63) is 23.8 Å². The molecule has 1 aromatic carbocycles. The Labute approximate surface area is 64.9 Å². The molecule has 0 spiro atoms. The molecule has 11 heavy (non-hydrogen) atoms. The maximum atomic E-state index is 4.87. The fraction of sp³-hybridized carbons (Fsp3) is 0.250. The van der Waals surface area contributed by atoms with E-state index in [1.165, 1.54) is 0 Å². The van der Waals surface area contributed by atoms with E-state index in [0.717, 1.165) is 17.0 Å². The lowest BCUT2D eigenvalue weighted by molar-refractivity contribution is -0.194. The lowest BCUT2D eigenvalue weighted by Crippen LogP contribution is -1.87. The highest BCUT2D eigenvalue weighted by molar-refractivity contribution is 5.51. The molecule has 3 nitrogen and oxygen atoms in total. The number of hydrogen-bond donors (Lipinski definition) is 1. The Bertz CT molecular complexity index is 273. The third-order valence-corrected chi connectivity index (χ3v) is 1.71. The van der Waals surface area contributed by atoms with Crippen LogP contribution in [-0.4, -0.2) is 7.05 Å². The number of nitrogens with one attached hydrogen (secondary N) is 1. The van der Waals surface area contributed by atoms with Gasteiger partial charge in [0, 0.05) is 18.3 Å². The molecule has 0 atom stereocenters. The van der Waals surface area contributed by atoms with Crippen molar-refractivity contribution in [2.24, 2.45) is 0 Å². The Morgan fingerprint density at radius 3 is 3.18 bits per heavy atom. The van der Waals surface area contributed by atoms with Crippen molar-refractivity contribution in [3.63, 3.8) is 0 Å². The van der Waals surface area contributed by atoms with Crippen molar-refractivity contribution in [2.45, 2.75) is 6.61 Å². The van der Waals surface area contributed by atoms with Crippen molar-refractivity contribution in [1.82, 2.24) is 0 Å². The average molecular weight is 151 g/mol. The van der Waals surface area contributed by atoms with Crippen LogP contribution in [0, 0.1) is 0 Å². The lowest BCUT2D eigenvalue weighted by Gasteiger charge is -1.99. The Kier molecular flexibility index (Phi) is 1.43. The molecule has 0 radical (unpaired) electrons. The van der Waals surface area contributed by atoms with Gasteiger partial charge in [0.2, 0.25) is 0 Å². The number of benzene rings is 1. The summed E-state index contributed by atoms with van der Waals surface area (Å²) in [6.45, 7) is 0.546. The highest BCUT2D eigenvalue weighted by atomic mass is 17.2. The Balaban J connectivity index is 2.41. The summed E-state index contributed by atoms with van der Waals surface area (Å²) < 4.78 is 0. The molecule has 0 saturated heterocycles. The Hall–Kier alpha value is -1.22. The van der Waals surface area contributed by atoms with Gasteiger partial charge in [-0.2, -0.15) is 4.89 Å². The molecule has 0 bridgehead atoms. The topological polar surface area (TPSA) is 30.5 Å². The molecule has 2 rings (SSSR count). The molecular weight excluding hydrogens is 142 g/mol. The van der Waals surface area contributed by atoms with Crippen molar-refractivity contribution in [1.29, 1.82) is 0 Å². The van der Waals surface area contributed by atoms with Crippen molar-refractivity contribution in [3.8, 4) is 5.75 Å². The number of rotatable bonds is 1. The molecule has 1 aliphatic heterocycles. The first-order chi connectivity index (χ1) is 5.40. The molecule has 0 fully saturated rings. The monoisotopic (exact) mass is 151 g/mol. The largest absolute Gasteiger partial charge is 0.388 e. The van der Waals surface area contributed by atoms with Gasteiger partial charge >= 0.3 is 0 Å². The van der Waals surface area contributed by atoms with Crippen LogP contribution >= 0.6 is 0 Å². The number of anilines is 1. The van der Waals surface area contributed by atoms with E-state index in [1.54, 1.807) is 0 Å². The molecule has 1 heterocycles. The smallest absolute Gasteiger partial charge is 0.171 e. The fourth-order valence-corrected chi connectivity index (χ4v) is 1.09. The lowest BCUT2D eigenvalue weighted by atomic mass is 10.2. The van der Waals surface area contributed by atoms with Gasteiger partial charge in [-0.05, 0) is 18.2 Å². The molecule has 58 valence electrons. The van der Waals surface area contributed by atoms with Gasteiger partial charge in [0.1, 0.15) is 6.61 Å². The van der Waals surface area contributed by atoms with Crippen LogP contribution in [-0.2, 0) is 11.5 Å². The van der Waals surface area contributed by atoms with Crippen molar-refractivity contribution < 1.29 is 9.78 Å². The molecule has 1 aromatic rings. The van der Waals surface area contributed by atoms with Gasteiger partial charge in [0.05, 0.1) is 0 Å². The standard InChI is InChI=1S/C8H9NO2/c1-9-7-2-3-8-6(4-7)5-10-11-8/h2-4,9H,5H2,1H3. The average Bonchev–Trinajstić information content (AvgIpc) is 2.50. The summed E-state index contributed by atoms with van der Waals surface area (Å²) in [5, 5.41) is 3.05. The predicted molar refractivity (Wildman–Crippen MR) is 41.4 cm³/mol. The first kappa shape index (κ1) is 6.49. The van der Waals surface area contributed by atoms with E-state index in [1.807, 2.05) is 25.2 Å². The Morgan fingerprint density at radius 1 is 1.45 bits per heavy atom. The second-order valence-electron chi connectivity index (χ2n) is 2.42. The molecule has 0 aromatic heterocycles. The van der Waals surface area contributed by atoms with Crippen LogP contribution in [0.5, 0.6) is 5.75 Å². The second-order valence-corrected chi connectivity index (χ2v) is 2.42. The van der Waals surface area contributed by atoms with Gasteiger partial charge < -0.3 is 10.2 Å². The van der Waals surface area contributed by atoms with E-state index in [9.17, 15) is 0 Å². The Morgan fingerprint density at radius 2 is 2.36 bits per heavy atom. The summed E-state index contributed by atoms with van der Waals surface area (Å²) in [6.07, 6.45) is 0. The zero-order chi connectivity index (χ0) is 7.68. The van der Waals surface area contributed by atoms with E-state index in [4.69, 9.17) is 9.78 Å². The molecule has 0 saturated carbocycles. The predicted octanol–water partition coefficient (Wildman–Crippen LogP) is 1.55. The number of fused-ring (bicyclic) bond motifs is 1. The van der Waals surface area contributed by atoms with Gasteiger partial charge in [-0.15, -0.1) is 0 Å². The zero-order valence-electron chi connectivity index (χ0n) is 6.26.